The van der Waals surface area contributed by atoms with Gasteiger partial charge in [-0.15, -0.1) is 0 Å². The molecule has 1 aromatic rings. The van der Waals surface area contributed by atoms with E-state index in [0.717, 1.165) is 5.69 Å². The third-order valence-corrected chi connectivity index (χ3v) is 3.52. The molecule has 1 N–H and O–H groups in total. The zero-order valence-electron chi connectivity index (χ0n) is 11.9. The maximum absolute atomic E-state index is 11.2. The van der Waals surface area contributed by atoms with Crippen molar-refractivity contribution in [3.05, 3.63) is 29.3 Å². The molecule has 0 radical (unpaired) electrons. The van der Waals surface area contributed by atoms with Crippen LogP contribution in [0.1, 0.15) is 25.0 Å². The summed E-state index contributed by atoms with van der Waals surface area (Å²) in [6, 6.07) is 6.22. The Kier molecular flexibility index (Phi) is 4.76. The molecule has 0 aliphatic heterocycles. The summed E-state index contributed by atoms with van der Waals surface area (Å²) in [4.78, 5) is 13.2. The van der Waals surface area contributed by atoms with Crippen LogP contribution in [0.4, 0.5) is 5.69 Å². The standard InChI is InChI=1S/C15H23NO2/c1-10(2)14(15(17)18)9-16(5)13-7-6-11(3)12(4)8-13/h6-8,10,14H,9H2,1-5H3,(H,17,18). The minimum atomic E-state index is -0.722. The summed E-state index contributed by atoms with van der Waals surface area (Å²) in [5.41, 5.74) is 3.56. The second-order valence-electron chi connectivity index (χ2n) is 5.34. The van der Waals surface area contributed by atoms with E-state index in [9.17, 15) is 9.90 Å². The third kappa shape index (κ3) is 3.49. The highest BCUT2D eigenvalue weighted by molar-refractivity contribution is 5.71. The van der Waals surface area contributed by atoms with Crippen LogP contribution in [0.2, 0.25) is 0 Å². The molecule has 0 fully saturated rings. The second-order valence-corrected chi connectivity index (χ2v) is 5.34. The second kappa shape index (κ2) is 5.89. The van der Waals surface area contributed by atoms with Crippen LogP contribution in [-0.2, 0) is 4.79 Å². The number of aliphatic carboxylic acids is 1. The summed E-state index contributed by atoms with van der Waals surface area (Å²) in [5, 5.41) is 9.21. The van der Waals surface area contributed by atoms with E-state index in [1.807, 2.05) is 31.9 Å². The smallest absolute Gasteiger partial charge is 0.308 e. The normalized spacial score (nSPS) is 12.6. The summed E-state index contributed by atoms with van der Waals surface area (Å²) >= 11 is 0. The first kappa shape index (κ1) is 14.6. The molecule has 0 amide bonds. The average Bonchev–Trinajstić information content (AvgIpc) is 2.28. The Hall–Kier alpha value is -1.51. The van der Waals surface area contributed by atoms with Gasteiger partial charge in [0, 0.05) is 19.3 Å². The molecule has 0 saturated heterocycles. The van der Waals surface area contributed by atoms with Gasteiger partial charge < -0.3 is 10.0 Å². The first-order valence-corrected chi connectivity index (χ1v) is 6.34. The first-order chi connectivity index (χ1) is 8.32. The SMILES string of the molecule is Cc1ccc(N(C)CC(C(=O)O)C(C)C)cc1C. The van der Waals surface area contributed by atoms with Crippen LogP contribution in [0.25, 0.3) is 0 Å². The van der Waals surface area contributed by atoms with Gasteiger partial charge in [-0.05, 0) is 43.0 Å². The molecule has 1 atom stereocenters. The molecular formula is C15H23NO2. The van der Waals surface area contributed by atoms with E-state index in [4.69, 9.17) is 0 Å². The lowest BCUT2D eigenvalue weighted by Gasteiger charge is -2.26. The number of hydrogen-bond acceptors (Lipinski definition) is 2. The fourth-order valence-electron chi connectivity index (χ4n) is 1.94. The molecule has 0 aliphatic carbocycles. The van der Waals surface area contributed by atoms with Crippen molar-refractivity contribution in [2.24, 2.45) is 11.8 Å². The van der Waals surface area contributed by atoms with Crippen molar-refractivity contribution in [2.45, 2.75) is 27.7 Å². The number of carboxylic acids is 1. The predicted octanol–water partition coefficient (Wildman–Crippen LogP) is 3.10. The van der Waals surface area contributed by atoms with Gasteiger partial charge in [-0.2, -0.15) is 0 Å². The molecule has 18 heavy (non-hydrogen) atoms. The highest BCUT2D eigenvalue weighted by Gasteiger charge is 2.23. The van der Waals surface area contributed by atoms with E-state index in [0.29, 0.717) is 6.54 Å². The maximum atomic E-state index is 11.2. The van der Waals surface area contributed by atoms with Gasteiger partial charge in [0.25, 0.3) is 0 Å². The number of aryl methyl sites for hydroxylation is 2. The number of nitrogens with zero attached hydrogens (tertiary/aromatic N) is 1. The Morgan fingerprint density at radius 3 is 2.33 bits per heavy atom. The molecule has 100 valence electrons. The Bertz CT molecular complexity index is 427. The molecule has 3 nitrogen and oxygen atoms in total. The van der Waals surface area contributed by atoms with E-state index in [1.54, 1.807) is 0 Å². The molecule has 0 saturated carbocycles. The lowest BCUT2D eigenvalue weighted by atomic mass is 9.95. The maximum Gasteiger partial charge on any atom is 0.308 e. The number of benzene rings is 1. The number of hydrogen-bond donors (Lipinski definition) is 1. The van der Waals surface area contributed by atoms with Gasteiger partial charge in [-0.1, -0.05) is 19.9 Å². The van der Waals surface area contributed by atoms with Gasteiger partial charge in [-0.25, -0.2) is 0 Å². The third-order valence-electron chi connectivity index (χ3n) is 3.52. The van der Waals surface area contributed by atoms with E-state index in [1.165, 1.54) is 11.1 Å². The quantitative estimate of drug-likeness (QED) is 0.871. The Morgan fingerprint density at radius 2 is 1.89 bits per heavy atom. The Morgan fingerprint density at radius 1 is 1.28 bits per heavy atom. The van der Waals surface area contributed by atoms with Gasteiger partial charge in [0.2, 0.25) is 0 Å². The van der Waals surface area contributed by atoms with E-state index in [2.05, 4.69) is 26.0 Å². The topological polar surface area (TPSA) is 40.5 Å². The van der Waals surface area contributed by atoms with Gasteiger partial charge in [0.15, 0.2) is 0 Å². The van der Waals surface area contributed by atoms with Crippen molar-refractivity contribution in [3.63, 3.8) is 0 Å². The number of carbonyl (C=O) groups is 1. The van der Waals surface area contributed by atoms with Crippen LogP contribution in [0, 0.1) is 25.7 Å². The van der Waals surface area contributed by atoms with Crippen LogP contribution < -0.4 is 4.90 Å². The van der Waals surface area contributed by atoms with Gasteiger partial charge in [-0.3, -0.25) is 4.79 Å². The molecule has 0 aromatic heterocycles. The van der Waals surface area contributed by atoms with E-state index < -0.39 is 5.97 Å². The lowest BCUT2D eigenvalue weighted by molar-refractivity contribution is -0.142. The summed E-state index contributed by atoms with van der Waals surface area (Å²) in [7, 11) is 1.95. The summed E-state index contributed by atoms with van der Waals surface area (Å²) in [6.45, 7) is 8.59. The van der Waals surface area contributed by atoms with Crippen LogP contribution in [0.5, 0.6) is 0 Å². The molecule has 3 heteroatoms. The molecule has 0 heterocycles. The highest BCUT2D eigenvalue weighted by atomic mass is 16.4. The van der Waals surface area contributed by atoms with E-state index in [-0.39, 0.29) is 11.8 Å². The zero-order valence-corrected chi connectivity index (χ0v) is 11.9. The van der Waals surface area contributed by atoms with Crippen molar-refractivity contribution in [2.75, 3.05) is 18.5 Å². The predicted molar refractivity (Wildman–Crippen MR) is 75.1 cm³/mol. The van der Waals surface area contributed by atoms with Crippen LogP contribution >= 0.6 is 0 Å². The molecule has 1 rings (SSSR count). The zero-order chi connectivity index (χ0) is 13.9. The fourth-order valence-corrected chi connectivity index (χ4v) is 1.94. The summed E-state index contributed by atoms with van der Waals surface area (Å²) in [6.07, 6.45) is 0. The Labute approximate surface area is 109 Å². The van der Waals surface area contributed by atoms with E-state index >= 15 is 0 Å². The molecule has 1 unspecified atom stereocenters. The number of carboxylic acid groups (broad SMARTS) is 1. The summed E-state index contributed by atoms with van der Waals surface area (Å²) < 4.78 is 0. The van der Waals surface area contributed by atoms with Gasteiger partial charge in [0.05, 0.1) is 5.92 Å². The largest absolute Gasteiger partial charge is 0.481 e. The van der Waals surface area contributed by atoms with Crippen LogP contribution in [-0.4, -0.2) is 24.7 Å². The van der Waals surface area contributed by atoms with Crippen LogP contribution in [0.3, 0.4) is 0 Å². The van der Waals surface area contributed by atoms with Crippen molar-refractivity contribution in [1.29, 1.82) is 0 Å². The highest BCUT2D eigenvalue weighted by Crippen LogP contribution is 2.20. The van der Waals surface area contributed by atoms with Crippen LogP contribution in [0.15, 0.2) is 18.2 Å². The molecule has 0 bridgehead atoms. The minimum absolute atomic E-state index is 0.136. The minimum Gasteiger partial charge on any atom is -0.481 e. The monoisotopic (exact) mass is 249 g/mol. The summed E-state index contributed by atoms with van der Waals surface area (Å²) in [5.74, 6) is -0.922. The first-order valence-electron chi connectivity index (χ1n) is 6.34. The molecule has 1 aromatic carbocycles. The van der Waals surface area contributed by atoms with Gasteiger partial charge >= 0.3 is 5.97 Å². The van der Waals surface area contributed by atoms with Gasteiger partial charge in [0.1, 0.15) is 0 Å². The Balaban J connectivity index is 2.83. The molecule has 0 spiro atoms. The lowest BCUT2D eigenvalue weighted by Crippen LogP contribution is -2.33. The van der Waals surface area contributed by atoms with Crippen molar-refractivity contribution in [3.8, 4) is 0 Å². The number of rotatable bonds is 5. The fraction of sp³-hybridized carbons (Fsp3) is 0.533. The van der Waals surface area contributed by atoms with Crippen molar-refractivity contribution in [1.82, 2.24) is 0 Å². The molecular weight excluding hydrogens is 226 g/mol. The number of anilines is 1. The van der Waals surface area contributed by atoms with Crippen molar-refractivity contribution >= 4 is 11.7 Å². The van der Waals surface area contributed by atoms with Crippen molar-refractivity contribution < 1.29 is 9.90 Å². The molecule has 0 aliphatic rings. The average molecular weight is 249 g/mol.